The molecule has 1 aliphatic rings. The summed E-state index contributed by atoms with van der Waals surface area (Å²) in [7, 11) is -3.55. The standard InChI is InChI=1S/C22H26N2O5S/c1-2-29-22(26)18-7-11-19(12-8-18)23-21(25)17-9-13-20(14-10-17)30(27,28)24-15-5-3-4-6-16-24/h7-14H,2-6,15-16H2,1H3,(H,23,25). The van der Waals surface area contributed by atoms with Gasteiger partial charge in [0.05, 0.1) is 17.1 Å². The first-order valence-electron chi connectivity index (χ1n) is 10.1. The molecule has 7 nitrogen and oxygen atoms in total. The molecular weight excluding hydrogens is 404 g/mol. The lowest BCUT2D eigenvalue weighted by atomic mass is 10.2. The average Bonchev–Trinajstić information content (AvgIpc) is 3.05. The molecule has 1 N–H and O–H groups in total. The Morgan fingerprint density at radius 1 is 0.900 bits per heavy atom. The van der Waals surface area contributed by atoms with Gasteiger partial charge >= 0.3 is 5.97 Å². The number of nitrogens with one attached hydrogen (secondary N) is 1. The lowest BCUT2D eigenvalue weighted by molar-refractivity contribution is 0.0526. The van der Waals surface area contributed by atoms with E-state index in [9.17, 15) is 18.0 Å². The van der Waals surface area contributed by atoms with E-state index >= 15 is 0 Å². The minimum atomic E-state index is -3.55. The van der Waals surface area contributed by atoms with E-state index in [0.717, 1.165) is 25.7 Å². The molecule has 0 aliphatic carbocycles. The third-order valence-corrected chi connectivity index (χ3v) is 6.89. The summed E-state index contributed by atoms with van der Waals surface area (Å²) >= 11 is 0. The molecule has 1 aliphatic heterocycles. The summed E-state index contributed by atoms with van der Waals surface area (Å²) in [4.78, 5) is 24.4. The molecule has 0 aromatic heterocycles. The molecule has 0 bridgehead atoms. The van der Waals surface area contributed by atoms with Crippen molar-refractivity contribution in [2.24, 2.45) is 0 Å². The van der Waals surface area contributed by atoms with Gasteiger partial charge < -0.3 is 10.1 Å². The van der Waals surface area contributed by atoms with Crippen LogP contribution in [-0.2, 0) is 14.8 Å². The molecule has 0 spiro atoms. The van der Waals surface area contributed by atoms with Crippen LogP contribution in [0.2, 0.25) is 0 Å². The number of rotatable bonds is 6. The van der Waals surface area contributed by atoms with E-state index in [-0.39, 0.29) is 10.8 Å². The fourth-order valence-corrected chi connectivity index (χ4v) is 4.83. The largest absolute Gasteiger partial charge is 0.462 e. The molecule has 2 aromatic carbocycles. The predicted octanol–water partition coefficient (Wildman–Crippen LogP) is 3.68. The van der Waals surface area contributed by atoms with E-state index in [1.54, 1.807) is 31.2 Å². The van der Waals surface area contributed by atoms with Gasteiger partial charge in [-0.05, 0) is 68.3 Å². The highest BCUT2D eigenvalue weighted by molar-refractivity contribution is 7.89. The monoisotopic (exact) mass is 430 g/mol. The van der Waals surface area contributed by atoms with E-state index in [1.807, 2.05) is 0 Å². The number of carbonyl (C=O) groups excluding carboxylic acids is 2. The van der Waals surface area contributed by atoms with Gasteiger partial charge in [0.25, 0.3) is 5.91 Å². The maximum atomic E-state index is 12.8. The van der Waals surface area contributed by atoms with Crippen LogP contribution in [0.3, 0.4) is 0 Å². The predicted molar refractivity (Wildman–Crippen MR) is 114 cm³/mol. The highest BCUT2D eigenvalue weighted by Gasteiger charge is 2.25. The highest BCUT2D eigenvalue weighted by Crippen LogP contribution is 2.21. The number of benzene rings is 2. The summed E-state index contributed by atoms with van der Waals surface area (Å²) in [5.41, 5.74) is 1.27. The van der Waals surface area contributed by atoms with Crippen LogP contribution in [0.25, 0.3) is 0 Å². The summed E-state index contributed by atoms with van der Waals surface area (Å²) < 4.78 is 32.1. The number of sulfonamides is 1. The first kappa shape index (κ1) is 22.0. The van der Waals surface area contributed by atoms with Gasteiger partial charge in [0.1, 0.15) is 0 Å². The zero-order chi connectivity index (χ0) is 21.6. The molecule has 1 fully saturated rings. The van der Waals surface area contributed by atoms with Crippen molar-refractivity contribution < 1.29 is 22.7 Å². The van der Waals surface area contributed by atoms with Crippen LogP contribution in [0.5, 0.6) is 0 Å². The number of nitrogens with zero attached hydrogens (tertiary/aromatic N) is 1. The third kappa shape index (κ3) is 5.25. The van der Waals surface area contributed by atoms with E-state index in [1.165, 1.54) is 28.6 Å². The Labute approximate surface area is 177 Å². The number of hydrogen-bond acceptors (Lipinski definition) is 5. The minimum Gasteiger partial charge on any atom is -0.462 e. The third-order valence-electron chi connectivity index (χ3n) is 4.97. The van der Waals surface area contributed by atoms with Crippen LogP contribution in [0, 0.1) is 0 Å². The quantitative estimate of drug-likeness (QED) is 0.706. The maximum absolute atomic E-state index is 12.8. The van der Waals surface area contributed by atoms with Crippen LogP contribution in [0.1, 0.15) is 53.3 Å². The number of amides is 1. The van der Waals surface area contributed by atoms with E-state index in [0.29, 0.717) is 36.5 Å². The van der Waals surface area contributed by atoms with E-state index in [4.69, 9.17) is 4.74 Å². The van der Waals surface area contributed by atoms with Crippen molar-refractivity contribution in [3.63, 3.8) is 0 Å². The van der Waals surface area contributed by atoms with Crippen LogP contribution < -0.4 is 5.32 Å². The minimum absolute atomic E-state index is 0.194. The van der Waals surface area contributed by atoms with Gasteiger partial charge in [0, 0.05) is 24.3 Å². The van der Waals surface area contributed by atoms with Crippen molar-refractivity contribution in [3.05, 3.63) is 59.7 Å². The van der Waals surface area contributed by atoms with Gasteiger partial charge in [0.15, 0.2) is 0 Å². The maximum Gasteiger partial charge on any atom is 0.338 e. The molecule has 30 heavy (non-hydrogen) atoms. The van der Waals surface area contributed by atoms with Gasteiger partial charge in [-0.2, -0.15) is 4.31 Å². The van der Waals surface area contributed by atoms with Crippen LogP contribution in [0.15, 0.2) is 53.4 Å². The van der Waals surface area contributed by atoms with Crippen molar-refractivity contribution in [1.29, 1.82) is 0 Å². The smallest absolute Gasteiger partial charge is 0.338 e. The molecule has 8 heteroatoms. The first-order valence-corrected chi connectivity index (χ1v) is 11.5. The van der Waals surface area contributed by atoms with Crippen molar-refractivity contribution in [2.45, 2.75) is 37.5 Å². The molecule has 0 unspecified atom stereocenters. The average molecular weight is 431 g/mol. The van der Waals surface area contributed by atoms with E-state index in [2.05, 4.69) is 5.32 Å². The van der Waals surface area contributed by atoms with Gasteiger partial charge in [-0.25, -0.2) is 13.2 Å². The molecule has 1 heterocycles. The van der Waals surface area contributed by atoms with Crippen molar-refractivity contribution in [1.82, 2.24) is 4.31 Å². The fourth-order valence-electron chi connectivity index (χ4n) is 3.32. The Balaban J connectivity index is 1.67. The number of hydrogen-bond donors (Lipinski definition) is 1. The Morgan fingerprint density at radius 2 is 1.47 bits per heavy atom. The molecule has 0 saturated carbocycles. The number of carbonyl (C=O) groups is 2. The van der Waals surface area contributed by atoms with Gasteiger partial charge in [-0.3, -0.25) is 4.79 Å². The molecule has 1 amide bonds. The Hall–Kier alpha value is -2.71. The van der Waals surface area contributed by atoms with E-state index < -0.39 is 16.0 Å². The summed E-state index contributed by atoms with van der Waals surface area (Å²) in [5.74, 6) is -0.783. The number of ether oxygens (including phenoxy) is 1. The summed E-state index contributed by atoms with van der Waals surface area (Å²) in [6.45, 7) is 3.09. The van der Waals surface area contributed by atoms with Gasteiger partial charge in [-0.15, -0.1) is 0 Å². The lowest BCUT2D eigenvalue weighted by Crippen LogP contribution is -2.31. The number of anilines is 1. The molecule has 1 saturated heterocycles. The lowest BCUT2D eigenvalue weighted by Gasteiger charge is -2.20. The zero-order valence-corrected chi connectivity index (χ0v) is 17.8. The number of esters is 1. The molecule has 2 aromatic rings. The van der Waals surface area contributed by atoms with Crippen molar-refractivity contribution in [3.8, 4) is 0 Å². The molecule has 0 atom stereocenters. The Bertz CT molecular complexity index is 977. The SMILES string of the molecule is CCOC(=O)c1ccc(NC(=O)c2ccc(S(=O)(=O)N3CCCCCC3)cc2)cc1. The summed E-state index contributed by atoms with van der Waals surface area (Å²) in [6.07, 6.45) is 3.83. The van der Waals surface area contributed by atoms with Crippen LogP contribution in [-0.4, -0.2) is 44.3 Å². The Morgan fingerprint density at radius 3 is 2.03 bits per heavy atom. The van der Waals surface area contributed by atoms with Gasteiger partial charge in [0.2, 0.25) is 10.0 Å². The summed E-state index contributed by atoms with van der Waals surface area (Å²) in [5, 5.41) is 2.74. The molecule has 3 rings (SSSR count). The summed E-state index contributed by atoms with van der Waals surface area (Å²) in [6, 6.07) is 12.3. The normalized spacial score (nSPS) is 15.2. The second-order valence-electron chi connectivity index (χ2n) is 7.09. The zero-order valence-electron chi connectivity index (χ0n) is 17.0. The fraction of sp³-hybridized carbons (Fsp3) is 0.364. The van der Waals surface area contributed by atoms with Crippen LogP contribution >= 0.6 is 0 Å². The van der Waals surface area contributed by atoms with Gasteiger partial charge in [-0.1, -0.05) is 12.8 Å². The highest BCUT2D eigenvalue weighted by atomic mass is 32.2. The van der Waals surface area contributed by atoms with Crippen molar-refractivity contribution >= 4 is 27.6 Å². The van der Waals surface area contributed by atoms with Crippen LogP contribution in [0.4, 0.5) is 5.69 Å². The first-order chi connectivity index (χ1) is 14.4. The Kier molecular flexibility index (Phi) is 7.23. The molecule has 0 radical (unpaired) electrons. The second kappa shape index (κ2) is 9.86. The topological polar surface area (TPSA) is 92.8 Å². The molecule has 160 valence electrons. The van der Waals surface area contributed by atoms with Crippen molar-refractivity contribution in [2.75, 3.05) is 25.0 Å². The molecular formula is C22H26N2O5S. The second-order valence-corrected chi connectivity index (χ2v) is 9.03.